The molecule has 2 aromatic rings. The van der Waals surface area contributed by atoms with Gasteiger partial charge in [0.05, 0.1) is 0 Å². The first kappa shape index (κ1) is 13.8. The van der Waals surface area contributed by atoms with Crippen molar-refractivity contribution in [2.75, 3.05) is 13.2 Å². The van der Waals surface area contributed by atoms with Gasteiger partial charge in [0.2, 0.25) is 5.71 Å². The fraction of sp³-hybridized carbons (Fsp3) is 0.500. The second-order valence-corrected chi connectivity index (χ2v) is 5.32. The van der Waals surface area contributed by atoms with Crippen molar-refractivity contribution in [3.63, 3.8) is 0 Å². The minimum absolute atomic E-state index is 0.0786. The Bertz CT molecular complexity index is 807. The maximum atomic E-state index is 11.8. The van der Waals surface area contributed by atoms with Crippen LogP contribution in [0.2, 0.25) is 0 Å². The van der Waals surface area contributed by atoms with Gasteiger partial charge in [0.1, 0.15) is 5.39 Å². The number of ether oxygens (including phenoxy) is 1. The van der Waals surface area contributed by atoms with E-state index in [1.165, 1.54) is 18.9 Å². The van der Waals surface area contributed by atoms with E-state index >= 15 is 0 Å². The van der Waals surface area contributed by atoms with Crippen LogP contribution in [0.1, 0.15) is 24.8 Å². The maximum Gasteiger partial charge on any atom is 0.337 e. The third-order valence-electron chi connectivity index (χ3n) is 3.51. The van der Waals surface area contributed by atoms with Crippen LogP contribution in [0, 0.1) is 5.92 Å². The van der Waals surface area contributed by atoms with Crippen LogP contribution in [0.15, 0.2) is 24.9 Å². The highest BCUT2D eigenvalue weighted by Crippen LogP contribution is 2.28. The number of hydrogen-bond donors (Lipinski definition) is 2. The molecule has 112 valence electrons. The van der Waals surface area contributed by atoms with Crippen molar-refractivity contribution in [3.05, 3.63) is 42.9 Å². The van der Waals surface area contributed by atoms with Crippen molar-refractivity contribution in [1.29, 1.82) is 0 Å². The minimum atomic E-state index is -0.694. The van der Waals surface area contributed by atoms with Crippen LogP contribution in [0.5, 0.6) is 0 Å². The van der Waals surface area contributed by atoms with Crippen molar-refractivity contribution in [2.24, 2.45) is 5.92 Å². The lowest BCUT2D eigenvalue weighted by Gasteiger charge is -2.05. The fourth-order valence-corrected chi connectivity index (χ4v) is 2.27. The zero-order valence-electron chi connectivity index (χ0n) is 11.4. The molecule has 0 bridgehead atoms. The lowest BCUT2D eigenvalue weighted by molar-refractivity contribution is 0.122. The SMILES string of the molecule is O=c1[nH]c(=O)c2c(CCCOCC3CC3)cc(=O)oc2[nH]1. The first-order valence-electron chi connectivity index (χ1n) is 7.00. The highest BCUT2D eigenvalue weighted by atomic mass is 16.5. The molecule has 21 heavy (non-hydrogen) atoms. The fourth-order valence-electron chi connectivity index (χ4n) is 2.27. The summed E-state index contributed by atoms with van der Waals surface area (Å²) < 4.78 is 10.4. The summed E-state index contributed by atoms with van der Waals surface area (Å²) in [5, 5.41) is 0.219. The van der Waals surface area contributed by atoms with Gasteiger partial charge in [-0.3, -0.25) is 14.8 Å². The molecule has 7 nitrogen and oxygen atoms in total. The molecule has 2 N–H and O–H groups in total. The van der Waals surface area contributed by atoms with Gasteiger partial charge < -0.3 is 9.15 Å². The van der Waals surface area contributed by atoms with E-state index in [1.54, 1.807) is 0 Å². The number of nitrogens with one attached hydrogen (secondary N) is 2. The Morgan fingerprint density at radius 1 is 1.24 bits per heavy atom. The Morgan fingerprint density at radius 2 is 2.05 bits per heavy atom. The van der Waals surface area contributed by atoms with Crippen LogP contribution < -0.4 is 16.9 Å². The molecule has 2 heterocycles. The Labute approximate surface area is 119 Å². The zero-order valence-corrected chi connectivity index (χ0v) is 11.4. The molecule has 1 fully saturated rings. The van der Waals surface area contributed by atoms with Crippen molar-refractivity contribution >= 4 is 11.1 Å². The van der Waals surface area contributed by atoms with E-state index in [0.29, 0.717) is 30.9 Å². The standard InChI is InChI=1S/C14H16N2O5/c17-10-6-9(2-1-5-20-7-8-3-4-8)11-12(18)15-14(19)16-13(11)21-10/h6,8H,1-5,7H2,(H2,15,16,18,19). The van der Waals surface area contributed by atoms with E-state index in [1.807, 2.05) is 0 Å². The zero-order chi connectivity index (χ0) is 14.8. The Hall–Kier alpha value is -2.15. The van der Waals surface area contributed by atoms with Gasteiger partial charge in [-0.2, -0.15) is 0 Å². The highest BCUT2D eigenvalue weighted by molar-refractivity contribution is 5.75. The molecule has 0 saturated heterocycles. The normalized spacial score (nSPS) is 14.7. The maximum absolute atomic E-state index is 11.8. The summed E-state index contributed by atoms with van der Waals surface area (Å²) in [7, 11) is 0. The van der Waals surface area contributed by atoms with Gasteiger partial charge in [-0.05, 0) is 37.2 Å². The van der Waals surface area contributed by atoms with Crippen LogP contribution >= 0.6 is 0 Å². The lowest BCUT2D eigenvalue weighted by atomic mass is 10.1. The average Bonchev–Trinajstić information content (AvgIpc) is 3.20. The summed E-state index contributed by atoms with van der Waals surface area (Å²) in [6, 6.07) is 1.29. The molecule has 3 rings (SSSR count). The molecule has 2 aromatic heterocycles. The lowest BCUT2D eigenvalue weighted by Crippen LogP contribution is -2.24. The summed E-state index contributed by atoms with van der Waals surface area (Å²) in [5.74, 6) is 0.711. The number of aromatic nitrogens is 2. The van der Waals surface area contributed by atoms with Gasteiger partial charge in [-0.15, -0.1) is 0 Å². The number of fused-ring (bicyclic) bond motifs is 1. The van der Waals surface area contributed by atoms with Crippen LogP contribution in [-0.4, -0.2) is 23.2 Å². The van der Waals surface area contributed by atoms with Crippen LogP contribution in [0.4, 0.5) is 0 Å². The Balaban J connectivity index is 1.78. The molecule has 0 aliphatic heterocycles. The summed E-state index contributed by atoms with van der Waals surface area (Å²) in [4.78, 5) is 39.0. The largest absolute Gasteiger partial charge is 0.405 e. The number of aryl methyl sites for hydroxylation is 1. The van der Waals surface area contributed by atoms with Gasteiger partial charge in [0, 0.05) is 19.3 Å². The van der Waals surface area contributed by atoms with E-state index in [9.17, 15) is 14.4 Å². The first-order valence-corrected chi connectivity index (χ1v) is 7.00. The van der Waals surface area contributed by atoms with E-state index in [4.69, 9.17) is 9.15 Å². The molecule has 1 aliphatic rings. The van der Waals surface area contributed by atoms with E-state index in [2.05, 4.69) is 9.97 Å². The molecule has 1 saturated carbocycles. The molecule has 0 amide bonds. The Kier molecular flexibility index (Phi) is 3.74. The number of hydrogen-bond acceptors (Lipinski definition) is 5. The van der Waals surface area contributed by atoms with Gasteiger partial charge >= 0.3 is 11.3 Å². The topological polar surface area (TPSA) is 105 Å². The number of H-pyrrole nitrogens is 2. The van der Waals surface area contributed by atoms with Gasteiger partial charge in [-0.25, -0.2) is 9.59 Å². The van der Waals surface area contributed by atoms with E-state index in [0.717, 1.165) is 6.61 Å². The first-order chi connectivity index (χ1) is 10.1. The molecular formula is C14H16N2O5. The van der Waals surface area contributed by atoms with Gasteiger partial charge in [0.25, 0.3) is 5.56 Å². The molecule has 0 aromatic carbocycles. The van der Waals surface area contributed by atoms with Crippen LogP contribution in [0.3, 0.4) is 0 Å². The second-order valence-electron chi connectivity index (χ2n) is 5.32. The minimum Gasteiger partial charge on any atom is -0.405 e. The molecular weight excluding hydrogens is 276 g/mol. The third-order valence-corrected chi connectivity index (χ3v) is 3.51. The van der Waals surface area contributed by atoms with Crippen molar-refractivity contribution in [3.8, 4) is 0 Å². The van der Waals surface area contributed by atoms with Gasteiger partial charge in [0.15, 0.2) is 0 Å². The number of aromatic amines is 2. The van der Waals surface area contributed by atoms with Gasteiger partial charge in [-0.1, -0.05) is 0 Å². The van der Waals surface area contributed by atoms with E-state index in [-0.39, 0.29) is 11.1 Å². The predicted molar refractivity (Wildman–Crippen MR) is 75.6 cm³/mol. The predicted octanol–water partition coefficient (Wildman–Crippen LogP) is 0.529. The number of rotatable bonds is 6. The molecule has 7 heteroatoms. The molecule has 0 radical (unpaired) electrons. The monoisotopic (exact) mass is 292 g/mol. The third kappa shape index (κ3) is 3.30. The summed E-state index contributed by atoms with van der Waals surface area (Å²) in [6.45, 7) is 1.37. The van der Waals surface area contributed by atoms with E-state index < -0.39 is 16.9 Å². The highest BCUT2D eigenvalue weighted by Gasteiger charge is 2.20. The summed E-state index contributed by atoms with van der Waals surface area (Å²) >= 11 is 0. The second kappa shape index (κ2) is 5.69. The molecule has 0 spiro atoms. The van der Waals surface area contributed by atoms with Crippen molar-refractivity contribution in [1.82, 2.24) is 9.97 Å². The smallest absolute Gasteiger partial charge is 0.337 e. The quantitative estimate of drug-likeness (QED) is 0.755. The van der Waals surface area contributed by atoms with Crippen molar-refractivity contribution in [2.45, 2.75) is 25.7 Å². The summed E-state index contributed by atoms with van der Waals surface area (Å²) in [6.07, 6.45) is 3.70. The van der Waals surface area contributed by atoms with Crippen LogP contribution in [0.25, 0.3) is 11.1 Å². The van der Waals surface area contributed by atoms with Crippen LogP contribution in [-0.2, 0) is 11.2 Å². The van der Waals surface area contributed by atoms with Crippen molar-refractivity contribution < 1.29 is 9.15 Å². The average molecular weight is 292 g/mol. The summed E-state index contributed by atoms with van der Waals surface area (Å²) in [5.41, 5.74) is -1.34. The Morgan fingerprint density at radius 3 is 2.81 bits per heavy atom. The molecule has 1 aliphatic carbocycles. The molecule has 0 atom stereocenters. The molecule has 0 unspecified atom stereocenters.